The van der Waals surface area contributed by atoms with Gasteiger partial charge in [0.05, 0.1) is 0 Å². The number of nitrogens with zero attached hydrogens (tertiary/aromatic N) is 1. The largest absolute Gasteiger partial charge is 0.351 e. The molecule has 0 aliphatic rings. The summed E-state index contributed by atoms with van der Waals surface area (Å²) in [4.78, 5) is 28.8. The number of hydrogen-bond acceptors (Lipinski definition) is 4. The average Bonchev–Trinajstić information content (AvgIpc) is 2.75. The summed E-state index contributed by atoms with van der Waals surface area (Å²) in [5.41, 5.74) is 8.55. The normalized spacial score (nSPS) is 12.1. The molecule has 1 atom stereocenters. The van der Waals surface area contributed by atoms with Crippen LogP contribution in [0.4, 0.5) is 10.1 Å². The van der Waals surface area contributed by atoms with E-state index in [1.165, 1.54) is 12.1 Å². The smallest absolute Gasteiger partial charge is 0.255 e. The van der Waals surface area contributed by atoms with Crippen molar-refractivity contribution >= 4 is 17.5 Å². The first-order chi connectivity index (χ1) is 15.2. The van der Waals surface area contributed by atoms with E-state index >= 15 is 0 Å². The van der Waals surface area contributed by atoms with Gasteiger partial charge in [-0.3, -0.25) is 14.6 Å². The molecule has 3 aromatic rings. The number of aromatic nitrogens is 1. The Kier molecular flexibility index (Phi) is 7.33. The zero-order valence-electron chi connectivity index (χ0n) is 18.1. The molecule has 2 amide bonds. The van der Waals surface area contributed by atoms with Crippen LogP contribution in [-0.2, 0) is 11.2 Å². The third-order valence-electron chi connectivity index (χ3n) is 4.98. The van der Waals surface area contributed by atoms with E-state index in [2.05, 4.69) is 15.6 Å². The average molecular weight is 435 g/mol. The molecule has 2 aromatic carbocycles. The second-order valence-corrected chi connectivity index (χ2v) is 8.36. The summed E-state index contributed by atoms with van der Waals surface area (Å²) in [6.45, 7) is 3.83. The Morgan fingerprint density at radius 3 is 2.25 bits per heavy atom. The van der Waals surface area contributed by atoms with E-state index < -0.39 is 11.6 Å². The van der Waals surface area contributed by atoms with Crippen molar-refractivity contribution in [3.05, 3.63) is 95.6 Å². The van der Waals surface area contributed by atoms with Crippen molar-refractivity contribution in [3.63, 3.8) is 0 Å². The van der Waals surface area contributed by atoms with E-state index in [9.17, 15) is 14.0 Å². The minimum Gasteiger partial charge on any atom is -0.351 e. The third-order valence-corrected chi connectivity index (χ3v) is 4.98. The molecule has 166 valence electrons. The van der Waals surface area contributed by atoms with E-state index in [-0.39, 0.29) is 24.1 Å². The van der Waals surface area contributed by atoms with Crippen molar-refractivity contribution in [2.24, 2.45) is 5.73 Å². The van der Waals surface area contributed by atoms with Crippen LogP contribution in [-0.4, -0.2) is 22.3 Å². The topological polar surface area (TPSA) is 97.1 Å². The molecule has 0 saturated heterocycles. The maximum absolute atomic E-state index is 13.1. The van der Waals surface area contributed by atoms with E-state index in [4.69, 9.17) is 5.73 Å². The van der Waals surface area contributed by atoms with Gasteiger partial charge in [-0.1, -0.05) is 24.3 Å². The Hall–Kier alpha value is -3.58. The fraction of sp³-hybridized carbons (Fsp3) is 0.240. The molecule has 3 rings (SSSR count). The molecule has 0 saturated carbocycles. The van der Waals surface area contributed by atoms with E-state index in [0.29, 0.717) is 17.7 Å². The number of anilines is 1. The molecule has 0 spiro atoms. The number of carbonyl (C=O) groups is 2. The number of carbonyl (C=O) groups excluding carboxylic acids is 2. The van der Waals surface area contributed by atoms with Crippen LogP contribution in [0.15, 0.2) is 73.1 Å². The van der Waals surface area contributed by atoms with Gasteiger partial charge in [-0.2, -0.15) is 0 Å². The van der Waals surface area contributed by atoms with Gasteiger partial charge in [0, 0.05) is 41.6 Å². The predicted molar refractivity (Wildman–Crippen MR) is 123 cm³/mol. The number of rotatable bonds is 8. The quantitative estimate of drug-likeness (QED) is 0.499. The van der Waals surface area contributed by atoms with Crippen molar-refractivity contribution < 1.29 is 14.0 Å². The maximum Gasteiger partial charge on any atom is 0.255 e. The molecule has 0 aliphatic carbocycles. The molecule has 32 heavy (non-hydrogen) atoms. The Bertz CT molecular complexity index is 1050. The lowest BCUT2D eigenvalue weighted by Crippen LogP contribution is -2.45. The van der Waals surface area contributed by atoms with Crippen LogP contribution in [0, 0.1) is 5.82 Å². The van der Waals surface area contributed by atoms with Crippen LogP contribution < -0.4 is 16.4 Å². The van der Waals surface area contributed by atoms with Crippen LogP contribution in [0.25, 0.3) is 0 Å². The predicted octanol–water partition coefficient (Wildman–Crippen LogP) is 4.00. The highest BCUT2D eigenvalue weighted by Gasteiger charge is 2.22. The zero-order valence-corrected chi connectivity index (χ0v) is 18.1. The van der Waals surface area contributed by atoms with Gasteiger partial charge in [0.25, 0.3) is 5.91 Å². The minimum absolute atomic E-state index is 0.107. The first kappa shape index (κ1) is 23.1. The zero-order chi connectivity index (χ0) is 23.1. The molecule has 1 unspecified atom stereocenters. The lowest BCUT2D eigenvalue weighted by atomic mass is 9.94. The SMILES string of the molecule is CC(C)(Cc1ccc(F)cc1)NC(=O)CC(N)c1ccc(C(=O)Nc2ccncc2)cc1. The molecule has 0 fully saturated rings. The molecular weight excluding hydrogens is 407 g/mol. The Morgan fingerprint density at radius 2 is 1.62 bits per heavy atom. The molecular formula is C25H27FN4O2. The number of nitrogens with one attached hydrogen (secondary N) is 2. The monoisotopic (exact) mass is 434 g/mol. The molecule has 0 bridgehead atoms. The van der Waals surface area contributed by atoms with Crippen LogP contribution in [0.1, 0.15) is 47.8 Å². The standard InChI is InChI=1S/C25H27FN4O2/c1-25(2,16-17-3-9-20(26)10-4-17)30-23(31)15-22(27)18-5-7-19(8-6-18)24(32)29-21-11-13-28-14-12-21/h3-14,22H,15-16,27H2,1-2H3,(H,30,31)(H,28,29,32). The number of amides is 2. The van der Waals surface area contributed by atoms with Gasteiger partial charge in [-0.25, -0.2) is 4.39 Å². The van der Waals surface area contributed by atoms with Gasteiger partial charge in [0.1, 0.15) is 5.82 Å². The van der Waals surface area contributed by atoms with E-state index in [1.54, 1.807) is 60.9 Å². The Labute approximate surface area is 187 Å². The first-order valence-electron chi connectivity index (χ1n) is 10.3. The molecule has 4 N–H and O–H groups in total. The van der Waals surface area contributed by atoms with Gasteiger partial charge in [-0.05, 0) is 67.8 Å². The molecule has 6 nitrogen and oxygen atoms in total. The van der Waals surface area contributed by atoms with E-state index in [1.807, 2.05) is 13.8 Å². The summed E-state index contributed by atoms with van der Waals surface area (Å²) in [5, 5.41) is 5.79. The molecule has 1 heterocycles. The highest BCUT2D eigenvalue weighted by atomic mass is 19.1. The molecule has 0 radical (unpaired) electrons. The Morgan fingerprint density at radius 1 is 1.00 bits per heavy atom. The van der Waals surface area contributed by atoms with Gasteiger partial charge in [0.2, 0.25) is 5.91 Å². The first-order valence-corrected chi connectivity index (χ1v) is 10.3. The third kappa shape index (κ3) is 6.72. The summed E-state index contributed by atoms with van der Waals surface area (Å²) in [6, 6.07) is 16.0. The summed E-state index contributed by atoms with van der Waals surface area (Å²) in [5.74, 6) is -0.705. The van der Waals surface area contributed by atoms with Crippen molar-refractivity contribution in [2.75, 3.05) is 5.32 Å². The lowest BCUT2D eigenvalue weighted by Gasteiger charge is -2.27. The highest BCUT2D eigenvalue weighted by Crippen LogP contribution is 2.18. The fourth-order valence-electron chi connectivity index (χ4n) is 3.42. The van der Waals surface area contributed by atoms with Gasteiger partial charge in [0.15, 0.2) is 0 Å². The van der Waals surface area contributed by atoms with Crippen molar-refractivity contribution in [3.8, 4) is 0 Å². The number of halogens is 1. The van der Waals surface area contributed by atoms with E-state index in [0.717, 1.165) is 11.1 Å². The second kappa shape index (κ2) is 10.2. The summed E-state index contributed by atoms with van der Waals surface area (Å²) in [7, 11) is 0. The van der Waals surface area contributed by atoms with Gasteiger partial charge in [-0.15, -0.1) is 0 Å². The van der Waals surface area contributed by atoms with Crippen molar-refractivity contribution in [2.45, 2.75) is 38.3 Å². The van der Waals surface area contributed by atoms with Crippen LogP contribution in [0.2, 0.25) is 0 Å². The Balaban J connectivity index is 1.54. The van der Waals surface area contributed by atoms with Crippen LogP contribution >= 0.6 is 0 Å². The van der Waals surface area contributed by atoms with Crippen molar-refractivity contribution in [1.82, 2.24) is 10.3 Å². The summed E-state index contributed by atoms with van der Waals surface area (Å²) >= 11 is 0. The van der Waals surface area contributed by atoms with Crippen molar-refractivity contribution in [1.29, 1.82) is 0 Å². The molecule has 0 aliphatic heterocycles. The van der Waals surface area contributed by atoms with Gasteiger partial charge < -0.3 is 16.4 Å². The summed E-state index contributed by atoms with van der Waals surface area (Å²) < 4.78 is 13.1. The lowest BCUT2D eigenvalue weighted by molar-refractivity contribution is -0.123. The van der Waals surface area contributed by atoms with Gasteiger partial charge >= 0.3 is 0 Å². The fourth-order valence-corrected chi connectivity index (χ4v) is 3.42. The molecule has 1 aromatic heterocycles. The number of benzene rings is 2. The summed E-state index contributed by atoms with van der Waals surface area (Å²) in [6.07, 6.45) is 3.87. The highest BCUT2D eigenvalue weighted by molar-refractivity contribution is 6.04. The molecule has 7 heteroatoms. The number of nitrogens with two attached hydrogens (primary N) is 1. The maximum atomic E-state index is 13.1. The number of pyridine rings is 1. The number of hydrogen-bond donors (Lipinski definition) is 3. The second-order valence-electron chi connectivity index (χ2n) is 8.36. The van der Waals surface area contributed by atoms with Crippen LogP contribution in [0.5, 0.6) is 0 Å². The van der Waals surface area contributed by atoms with Crippen LogP contribution in [0.3, 0.4) is 0 Å². The minimum atomic E-state index is -0.510.